The van der Waals surface area contributed by atoms with Gasteiger partial charge in [0.05, 0.1) is 18.8 Å². The molecular formula is C10H19N3O3. The fourth-order valence-corrected chi connectivity index (χ4v) is 2.50. The fraction of sp³-hybridized carbons (Fsp3) is 0.900. The zero-order valence-electron chi connectivity index (χ0n) is 9.52. The van der Waals surface area contributed by atoms with E-state index in [0.29, 0.717) is 6.61 Å². The van der Waals surface area contributed by atoms with Crippen LogP contribution in [-0.2, 0) is 14.3 Å². The highest BCUT2D eigenvalue weighted by molar-refractivity contribution is 5.81. The molecule has 2 aliphatic heterocycles. The molecule has 3 N–H and O–H groups in total. The lowest BCUT2D eigenvalue weighted by atomic mass is 10.2. The lowest BCUT2D eigenvalue weighted by molar-refractivity contribution is -0.133. The molecule has 2 heterocycles. The molecule has 2 saturated heterocycles. The summed E-state index contributed by atoms with van der Waals surface area (Å²) in [5.41, 5.74) is 2.20. The molecule has 3 unspecified atom stereocenters. The number of hydrazine groups is 1. The van der Waals surface area contributed by atoms with Crippen molar-refractivity contribution < 1.29 is 14.3 Å². The van der Waals surface area contributed by atoms with E-state index in [1.165, 1.54) is 0 Å². The topological polar surface area (TPSA) is 76.8 Å². The van der Waals surface area contributed by atoms with E-state index in [-0.39, 0.29) is 24.2 Å². The van der Waals surface area contributed by atoms with E-state index in [9.17, 15) is 4.79 Å². The number of amides is 1. The molecule has 0 aromatic rings. The summed E-state index contributed by atoms with van der Waals surface area (Å²) < 4.78 is 10.8. The van der Waals surface area contributed by atoms with Crippen LogP contribution in [-0.4, -0.2) is 55.9 Å². The molecule has 6 nitrogen and oxygen atoms in total. The second-order valence-corrected chi connectivity index (χ2v) is 4.39. The first kappa shape index (κ1) is 11.8. The van der Waals surface area contributed by atoms with Crippen molar-refractivity contribution in [2.75, 3.05) is 26.8 Å². The van der Waals surface area contributed by atoms with Crippen molar-refractivity contribution in [2.24, 2.45) is 5.84 Å². The lowest BCUT2D eigenvalue weighted by Gasteiger charge is -2.36. The van der Waals surface area contributed by atoms with Gasteiger partial charge >= 0.3 is 0 Å². The largest absolute Gasteiger partial charge is 0.383 e. The Morgan fingerprint density at radius 1 is 1.56 bits per heavy atom. The van der Waals surface area contributed by atoms with Crippen molar-refractivity contribution >= 4 is 5.91 Å². The number of nitrogens with one attached hydrogen (secondary N) is 1. The Bertz CT molecular complexity index is 250. The van der Waals surface area contributed by atoms with Crippen LogP contribution in [0, 0.1) is 0 Å². The first-order valence-electron chi connectivity index (χ1n) is 5.63. The molecule has 0 aliphatic carbocycles. The van der Waals surface area contributed by atoms with Gasteiger partial charge in [-0.05, 0) is 12.8 Å². The standard InChI is InChI=1S/C10H19N3O3/c1-15-6-9(10(14)12-11)13-4-7-2-3-8(5-13)16-7/h7-9H,2-6,11H2,1H3,(H,12,14). The second-order valence-electron chi connectivity index (χ2n) is 4.39. The monoisotopic (exact) mass is 229 g/mol. The molecular weight excluding hydrogens is 210 g/mol. The maximum Gasteiger partial charge on any atom is 0.253 e. The molecule has 0 spiro atoms. The van der Waals surface area contributed by atoms with E-state index in [1.807, 2.05) is 0 Å². The van der Waals surface area contributed by atoms with Crippen LogP contribution in [0.25, 0.3) is 0 Å². The number of morpholine rings is 1. The molecule has 1 amide bonds. The fourth-order valence-electron chi connectivity index (χ4n) is 2.50. The maximum absolute atomic E-state index is 11.6. The Hall–Kier alpha value is -0.690. The van der Waals surface area contributed by atoms with Crippen LogP contribution in [0.5, 0.6) is 0 Å². The highest BCUT2D eigenvalue weighted by atomic mass is 16.5. The number of hydrogen-bond acceptors (Lipinski definition) is 5. The number of rotatable bonds is 4. The van der Waals surface area contributed by atoms with Crippen molar-refractivity contribution in [3.63, 3.8) is 0 Å². The molecule has 6 heteroatoms. The van der Waals surface area contributed by atoms with Crippen LogP contribution in [0.15, 0.2) is 0 Å². The third-order valence-corrected chi connectivity index (χ3v) is 3.28. The number of likely N-dealkylation sites (tertiary alicyclic amines) is 1. The zero-order valence-corrected chi connectivity index (χ0v) is 9.52. The number of nitrogens with zero attached hydrogens (tertiary/aromatic N) is 1. The van der Waals surface area contributed by atoms with Crippen LogP contribution in [0.1, 0.15) is 12.8 Å². The van der Waals surface area contributed by atoms with Crippen LogP contribution in [0.2, 0.25) is 0 Å². The van der Waals surface area contributed by atoms with E-state index >= 15 is 0 Å². The summed E-state index contributed by atoms with van der Waals surface area (Å²) in [5, 5.41) is 0. The van der Waals surface area contributed by atoms with Gasteiger partial charge in [-0.1, -0.05) is 0 Å². The van der Waals surface area contributed by atoms with Gasteiger partial charge < -0.3 is 9.47 Å². The molecule has 16 heavy (non-hydrogen) atoms. The molecule has 0 aromatic heterocycles. The molecule has 2 aliphatic rings. The molecule has 92 valence electrons. The number of carbonyl (C=O) groups is 1. The van der Waals surface area contributed by atoms with Crippen LogP contribution in [0.4, 0.5) is 0 Å². The lowest BCUT2D eigenvalue weighted by Crippen LogP contribution is -2.56. The van der Waals surface area contributed by atoms with Gasteiger partial charge in [0.1, 0.15) is 6.04 Å². The Morgan fingerprint density at radius 2 is 2.19 bits per heavy atom. The average Bonchev–Trinajstić information content (AvgIpc) is 2.64. The normalized spacial score (nSPS) is 31.4. The minimum absolute atomic E-state index is 0.192. The third-order valence-electron chi connectivity index (χ3n) is 3.28. The molecule has 2 bridgehead atoms. The Balaban J connectivity index is 1.99. The maximum atomic E-state index is 11.6. The van der Waals surface area contributed by atoms with E-state index in [0.717, 1.165) is 25.9 Å². The van der Waals surface area contributed by atoms with Gasteiger partial charge in [-0.3, -0.25) is 15.1 Å². The molecule has 0 radical (unpaired) electrons. The van der Waals surface area contributed by atoms with E-state index in [1.54, 1.807) is 7.11 Å². The van der Waals surface area contributed by atoms with E-state index in [4.69, 9.17) is 15.3 Å². The molecule has 2 fully saturated rings. The minimum atomic E-state index is -0.304. The third kappa shape index (κ3) is 2.35. The summed E-state index contributed by atoms with van der Waals surface area (Å²) in [7, 11) is 1.59. The number of nitrogens with two attached hydrogens (primary N) is 1. The van der Waals surface area contributed by atoms with Crippen molar-refractivity contribution in [2.45, 2.75) is 31.1 Å². The Kier molecular flexibility index (Phi) is 3.75. The van der Waals surface area contributed by atoms with Gasteiger partial charge in [-0.25, -0.2) is 5.84 Å². The second kappa shape index (κ2) is 5.09. The van der Waals surface area contributed by atoms with Gasteiger partial charge in [0.25, 0.3) is 5.91 Å². The molecule has 3 atom stereocenters. The van der Waals surface area contributed by atoms with Crippen LogP contribution < -0.4 is 11.3 Å². The zero-order chi connectivity index (χ0) is 11.5. The van der Waals surface area contributed by atoms with Crippen LogP contribution in [0.3, 0.4) is 0 Å². The number of fused-ring (bicyclic) bond motifs is 2. The summed E-state index contributed by atoms with van der Waals surface area (Å²) in [6.07, 6.45) is 2.71. The number of ether oxygens (including phenoxy) is 2. The van der Waals surface area contributed by atoms with E-state index < -0.39 is 0 Å². The van der Waals surface area contributed by atoms with Crippen molar-refractivity contribution in [3.05, 3.63) is 0 Å². The minimum Gasteiger partial charge on any atom is -0.383 e. The smallest absolute Gasteiger partial charge is 0.253 e. The summed E-state index contributed by atoms with van der Waals surface area (Å²) >= 11 is 0. The predicted octanol–water partition coefficient (Wildman–Crippen LogP) is -1.15. The van der Waals surface area contributed by atoms with Gasteiger partial charge in [-0.2, -0.15) is 0 Å². The molecule has 0 saturated carbocycles. The van der Waals surface area contributed by atoms with Gasteiger partial charge in [0.15, 0.2) is 0 Å². The van der Waals surface area contributed by atoms with Crippen LogP contribution >= 0.6 is 0 Å². The summed E-state index contributed by atoms with van der Waals surface area (Å²) in [6.45, 7) is 1.94. The SMILES string of the molecule is COCC(C(=O)NN)N1CC2CCC(C1)O2. The van der Waals surface area contributed by atoms with Crippen molar-refractivity contribution in [1.82, 2.24) is 10.3 Å². The number of hydrogen-bond donors (Lipinski definition) is 2. The highest BCUT2D eigenvalue weighted by Crippen LogP contribution is 2.27. The van der Waals surface area contributed by atoms with Gasteiger partial charge in [-0.15, -0.1) is 0 Å². The molecule has 2 rings (SSSR count). The highest BCUT2D eigenvalue weighted by Gasteiger charge is 2.38. The molecule has 0 aromatic carbocycles. The van der Waals surface area contributed by atoms with Crippen molar-refractivity contribution in [1.29, 1.82) is 0 Å². The van der Waals surface area contributed by atoms with Crippen molar-refractivity contribution in [3.8, 4) is 0 Å². The quantitative estimate of drug-likeness (QED) is 0.362. The summed E-state index contributed by atoms with van der Waals surface area (Å²) in [5.74, 6) is 4.99. The first-order chi connectivity index (χ1) is 7.74. The summed E-state index contributed by atoms with van der Waals surface area (Å²) in [6, 6.07) is -0.304. The number of carbonyl (C=O) groups excluding carboxylic acids is 1. The Morgan fingerprint density at radius 3 is 2.69 bits per heavy atom. The summed E-state index contributed by atoms with van der Waals surface area (Å²) in [4.78, 5) is 13.7. The van der Waals surface area contributed by atoms with E-state index in [2.05, 4.69) is 10.3 Å². The van der Waals surface area contributed by atoms with Gasteiger partial charge in [0, 0.05) is 20.2 Å². The first-order valence-corrected chi connectivity index (χ1v) is 5.63. The number of methoxy groups -OCH3 is 1. The predicted molar refractivity (Wildman–Crippen MR) is 57.5 cm³/mol. The average molecular weight is 229 g/mol. The Labute approximate surface area is 95.0 Å². The van der Waals surface area contributed by atoms with Gasteiger partial charge in [0.2, 0.25) is 0 Å².